The number of ether oxygens (including phenoxy) is 2. The molecule has 0 saturated heterocycles. The molecule has 3 heteroatoms. The van der Waals surface area contributed by atoms with Crippen LogP contribution < -0.4 is 4.74 Å². The van der Waals surface area contributed by atoms with Crippen molar-refractivity contribution in [1.29, 1.82) is 0 Å². The molecule has 2 rings (SSSR count). The summed E-state index contributed by atoms with van der Waals surface area (Å²) in [4.78, 5) is 11.8. The summed E-state index contributed by atoms with van der Waals surface area (Å²) in [7, 11) is 0. The van der Waals surface area contributed by atoms with Gasteiger partial charge in [-0.05, 0) is 24.3 Å². The predicted molar refractivity (Wildman–Crippen MR) is 85.1 cm³/mol. The Bertz CT molecular complexity index is 617. The molecule has 0 saturated carbocycles. The summed E-state index contributed by atoms with van der Waals surface area (Å²) < 4.78 is 11.4. The highest BCUT2D eigenvalue weighted by molar-refractivity contribution is 6.03. The van der Waals surface area contributed by atoms with E-state index in [1.165, 1.54) is 0 Å². The zero-order valence-corrected chi connectivity index (χ0v) is 12.9. The maximum atomic E-state index is 11.8. The molecule has 0 spiro atoms. The number of hydrogen-bond donors (Lipinski definition) is 0. The van der Waals surface area contributed by atoms with Gasteiger partial charge in [-0.25, -0.2) is 0 Å². The first-order valence-corrected chi connectivity index (χ1v) is 7.33. The minimum absolute atomic E-state index is 0.0128. The van der Waals surface area contributed by atoms with Gasteiger partial charge in [-0.1, -0.05) is 44.2 Å². The van der Waals surface area contributed by atoms with Crippen LogP contribution in [0.5, 0.6) is 5.75 Å². The van der Waals surface area contributed by atoms with Crippen molar-refractivity contribution in [3.63, 3.8) is 0 Å². The summed E-state index contributed by atoms with van der Waals surface area (Å²) in [5.41, 5.74) is 0.623. The van der Waals surface area contributed by atoms with Crippen molar-refractivity contribution in [1.82, 2.24) is 0 Å². The Balaban J connectivity index is 2.16. The second-order valence-electron chi connectivity index (χ2n) is 5.54. The first-order chi connectivity index (χ1) is 10.1. The molecule has 0 radical (unpaired) electrons. The third-order valence-electron chi connectivity index (χ3n) is 3.18. The average Bonchev–Trinajstić information content (AvgIpc) is 2.46. The van der Waals surface area contributed by atoms with Gasteiger partial charge in [0.15, 0.2) is 5.78 Å². The fourth-order valence-corrected chi connectivity index (χ4v) is 2.20. The van der Waals surface area contributed by atoms with Gasteiger partial charge in [-0.2, -0.15) is 0 Å². The van der Waals surface area contributed by atoms with E-state index in [-0.39, 0.29) is 5.78 Å². The highest BCUT2D eigenvalue weighted by atomic mass is 16.5. The zero-order valence-electron chi connectivity index (χ0n) is 12.9. The largest absolute Gasteiger partial charge is 0.490 e. The zero-order chi connectivity index (χ0) is 15.2. The van der Waals surface area contributed by atoms with E-state index < -0.39 is 0 Å². The second-order valence-corrected chi connectivity index (χ2v) is 5.54. The van der Waals surface area contributed by atoms with Gasteiger partial charge in [0.2, 0.25) is 0 Å². The van der Waals surface area contributed by atoms with Crippen LogP contribution in [0.3, 0.4) is 0 Å². The number of fused-ring (bicyclic) bond motifs is 1. The van der Waals surface area contributed by atoms with Crippen LogP contribution in [0.4, 0.5) is 0 Å². The number of hydrogen-bond acceptors (Lipinski definition) is 3. The molecule has 0 amide bonds. The van der Waals surface area contributed by atoms with Crippen LogP contribution in [0.2, 0.25) is 0 Å². The van der Waals surface area contributed by atoms with Gasteiger partial charge in [0.05, 0.1) is 12.2 Å². The number of rotatable bonds is 7. The average molecular weight is 286 g/mol. The molecule has 2 aromatic carbocycles. The van der Waals surface area contributed by atoms with Gasteiger partial charge in [0.25, 0.3) is 0 Å². The number of carbonyl (C=O) groups is 1. The maximum Gasteiger partial charge on any atom is 0.163 e. The molecular formula is C18H22O3. The number of Topliss-reactive ketones (excluding diaryl/α,β-unsaturated/α-hetero) is 1. The van der Waals surface area contributed by atoms with E-state index in [0.717, 1.165) is 17.4 Å². The van der Waals surface area contributed by atoms with E-state index >= 15 is 0 Å². The summed E-state index contributed by atoms with van der Waals surface area (Å²) >= 11 is 0. The molecule has 2 aromatic rings. The maximum absolute atomic E-state index is 11.8. The molecule has 0 aliphatic carbocycles. The number of carbonyl (C=O) groups excluding carboxylic acids is 1. The van der Waals surface area contributed by atoms with Crippen molar-refractivity contribution in [2.45, 2.75) is 20.8 Å². The Kier molecular flexibility index (Phi) is 5.34. The van der Waals surface area contributed by atoms with Crippen molar-refractivity contribution in [2.75, 3.05) is 19.8 Å². The normalized spacial score (nSPS) is 11.0. The molecule has 21 heavy (non-hydrogen) atoms. The summed E-state index contributed by atoms with van der Waals surface area (Å²) in [5, 5.41) is 2.04. The Labute approximate surface area is 125 Å². The smallest absolute Gasteiger partial charge is 0.163 e. The lowest BCUT2D eigenvalue weighted by molar-refractivity contribution is 0.0815. The van der Waals surface area contributed by atoms with E-state index in [1.807, 2.05) is 36.4 Å². The van der Waals surface area contributed by atoms with Crippen LogP contribution in [0, 0.1) is 5.92 Å². The van der Waals surface area contributed by atoms with Crippen molar-refractivity contribution >= 4 is 16.6 Å². The third kappa shape index (κ3) is 4.05. The summed E-state index contributed by atoms with van der Waals surface area (Å²) in [6.07, 6.45) is 0. The Morgan fingerprint density at radius 3 is 2.57 bits per heavy atom. The molecule has 0 unspecified atom stereocenters. The van der Waals surface area contributed by atoms with Crippen molar-refractivity contribution in [3.05, 3.63) is 42.0 Å². The van der Waals surface area contributed by atoms with Gasteiger partial charge in [0, 0.05) is 12.0 Å². The highest BCUT2D eigenvalue weighted by Gasteiger charge is 2.12. The molecule has 0 aromatic heterocycles. The van der Waals surface area contributed by atoms with E-state index in [2.05, 4.69) is 13.8 Å². The standard InChI is InChI=1S/C18H22O3/c1-13(2)12-20-10-11-21-18-16(14(3)19)9-8-15-6-4-5-7-17(15)18/h4-9,13H,10-12H2,1-3H3. The Hall–Kier alpha value is -1.87. The minimum atomic E-state index is 0.0128. The lowest BCUT2D eigenvalue weighted by Crippen LogP contribution is -2.11. The van der Waals surface area contributed by atoms with E-state index in [9.17, 15) is 4.79 Å². The minimum Gasteiger partial charge on any atom is -0.490 e. The molecule has 0 bridgehead atoms. The highest BCUT2D eigenvalue weighted by Crippen LogP contribution is 2.30. The first-order valence-electron chi connectivity index (χ1n) is 7.33. The summed E-state index contributed by atoms with van der Waals surface area (Å²) in [6, 6.07) is 11.7. The molecule has 0 atom stereocenters. The van der Waals surface area contributed by atoms with Crippen LogP contribution in [-0.2, 0) is 4.74 Å². The van der Waals surface area contributed by atoms with E-state index in [0.29, 0.717) is 30.4 Å². The van der Waals surface area contributed by atoms with Crippen molar-refractivity contribution in [2.24, 2.45) is 5.92 Å². The fourth-order valence-electron chi connectivity index (χ4n) is 2.20. The number of ketones is 1. The lowest BCUT2D eigenvalue weighted by Gasteiger charge is -2.13. The summed E-state index contributed by atoms with van der Waals surface area (Å²) in [5.74, 6) is 1.18. The topological polar surface area (TPSA) is 35.5 Å². The van der Waals surface area contributed by atoms with Crippen LogP contribution in [-0.4, -0.2) is 25.6 Å². The molecule has 0 N–H and O–H groups in total. The molecule has 3 nitrogen and oxygen atoms in total. The fraction of sp³-hybridized carbons (Fsp3) is 0.389. The quantitative estimate of drug-likeness (QED) is 0.568. The van der Waals surface area contributed by atoms with Crippen LogP contribution >= 0.6 is 0 Å². The Morgan fingerprint density at radius 1 is 1.10 bits per heavy atom. The van der Waals surface area contributed by atoms with Crippen LogP contribution in [0.1, 0.15) is 31.1 Å². The van der Waals surface area contributed by atoms with Crippen molar-refractivity contribution < 1.29 is 14.3 Å². The lowest BCUT2D eigenvalue weighted by atomic mass is 10.0. The monoisotopic (exact) mass is 286 g/mol. The summed E-state index contributed by atoms with van der Waals surface area (Å²) in [6.45, 7) is 7.48. The van der Waals surface area contributed by atoms with Crippen molar-refractivity contribution in [3.8, 4) is 5.75 Å². The SMILES string of the molecule is CC(=O)c1ccc2ccccc2c1OCCOCC(C)C. The van der Waals surface area contributed by atoms with E-state index in [4.69, 9.17) is 9.47 Å². The van der Waals surface area contributed by atoms with Crippen LogP contribution in [0.15, 0.2) is 36.4 Å². The number of benzene rings is 2. The van der Waals surface area contributed by atoms with Crippen LogP contribution in [0.25, 0.3) is 10.8 Å². The predicted octanol–water partition coefficient (Wildman–Crippen LogP) is 4.09. The van der Waals surface area contributed by atoms with Gasteiger partial charge < -0.3 is 9.47 Å². The van der Waals surface area contributed by atoms with E-state index in [1.54, 1.807) is 6.92 Å². The molecular weight excluding hydrogens is 264 g/mol. The first kappa shape index (κ1) is 15.5. The third-order valence-corrected chi connectivity index (χ3v) is 3.18. The molecule has 0 fully saturated rings. The second kappa shape index (κ2) is 7.23. The Morgan fingerprint density at radius 2 is 1.86 bits per heavy atom. The molecule has 0 aliphatic heterocycles. The van der Waals surface area contributed by atoms with Gasteiger partial charge in [0.1, 0.15) is 12.4 Å². The van der Waals surface area contributed by atoms with Gasteiger partial charge in [-0.15, -0.1) is 0 Å². The van der Waals surface area contributed by atoms with Gasteiger partial charge in [-0.3, -0.25) is 4.79 Å². The molecule has 112 valence electrons. The molecule has 0 aliphatic rings. The molecule has 0 heterocycles. The van der Waals surface area contributed by atoms with Gasteiger partial charge >= 0.3 is 0 Å².